The number of carboxylic acid groups (broad SMARTS) is 1. The molecule has 3 aliphatic rings. The third-order valence-corrected chi connectivity index (χ3v) is 5.95. The van der Waals surface area contributed by atoms with Gasteiger partial charge in [0.25, 0.3) is 0 Å². The van der Waals surface area contributed by atoms with Gasteiger partial charge in [0.15, 0.2) is 0 Å². The fourth-order valence-corrected chi connectivity index (χ4v) is 4.74. The summed E-state index contributed by atoms with van der Waals surface area (Å²) < 4.78 is 0. The lowest BCUT2D eigenvalue weighted by atomic mass is 9.85. The van der Waals surface area contributed by atoms with Gasteiger partial charge in [-0.25, -0.2) is 0 Å². The van der Waals surface area contributed by atoms with Crippen molar-refractivity contribution in [3.63, 3.8) is 0 Å². The van der Waals surface area contributed by atoms with E-state index in [-0.39, 0.29) is 5.91 Å². The number of carbonyl (C=O) groups excluding carboxylic acids is 1. The van der Waals surface area contributed by atoms with Crippen molar-refractivity contribution in [1.29, 1.82) is 0 Å². The van der Waals surface area contributed by atoms with Crippen molar-refractivity contribution < 1.29 is 14.7 Å². The van der Waals surface area contributed by atoms with Crippen molar-refractivity contribution in [3.8, 4) is 0 Å². The van der Waals surface area contributed by atoms with Gasteiger partial charge in [0.1, 0.15) is 6.04 Å². The summed E-state index contributed by atoms with van der Waals surface area (Å²) in [6.45, 7) is 3.24. The van der Waals surface area contributed by atoms with Crippen LogP contribution in [0, 0.1) is 5.92 Å². The smallest absolute Gasteiger partial charge is 0.320 e. The van der Waals surface area contributed by atoms with E-state index >= 15 is 0 Å². The molecule has 1 N–H and O–H groups in total. The van der Waals surface area contributed by atoms with Gasteiger partial charge in [-0.15, -0.1) is 0 Å². The monoisotopic (exact) mass is 308 g/mol. The molecular formula is C17H28N2O3. The van der Waals surface area contributed by atoms with Crippen LogP contribution in [-0.4, -0.2) is 58.0 Å². The van der Waals surface area contributed by atoms with Crippen molar-refractivity contribution in [2.75, 3.05) is 13.1 Å². The molecule has 0 radical (unpaired) electrons. The first kappa shape index (κ1) is 15.8. The second-order valence-corrected chi connectivity index (χ2v) is 7.31. The molecule has 3 rings (SSSR count). The molecule has 1 saturated carbocycles. The zero-order chi connectivity index (χ0) is 15.7. The predicted octanol–water partition coefficient (Wildman–Crippen LogP) is 2.11. The number of rotatable bonds is 3. The first-order valence-electron chi connectivity index (χ1n) is 8.86. The van der Waals surface area contributed by atoms with E-state index in [9.17, 15) is 14.7 Å². The average Bonchev–Trinajstić information content (AvgIpc) is 2.87. The second kappa shape index (κ2) is 6.57. The Labute approximate surface area is 132 Å². The van der Waals surface area contributed by atoms with Crippen molar-refractivity contribution in [1.82, 2.24) is 9.80 Å². The maximum atomic E-state index is 12.7. The minimum absolute atomic E-state index is 0.129. The second-order valence-electron chi connectivity index (χ2n) is 7.31. The standard InChI is InChI=1S/C17H28N2O3/c1-12-6-4-5-9-18(12)16(20)11-19-14-8-3-2-7-13(14)10-15(19)17(21)22/h12-15H,2-11H2,1H3,(H,21,22)/t12-,13-,14+,15+/m1/s1. The fourth-order valence-electron chi connectivity index (χ4n) is 4.74. The van der Waals surface area contributed by atoms with Crippen LogP contribution in [0.5, 0.6) is 0 Å². The lowest BCUT2D eigenvalue weighted by Gasteiger charge is -2.37. The topological polar surface area (TPSA) is 60.9 Å². The predicted molar refractivity (Wildman–Crippen MR) is 83.5 cm³/mol. The summed E-state index contributed by atoms with van der Waals surface area (Å²) in [7, 11) is 0. The number of nitrogens with zero attached hydrogens (tertiary/aromatic N) is 2. The summed E-state index contributed by atoms with van der Waals surface area (Å²) in [6.07, 6.45) is 8.61. The van der Waals surface area contributed by atoms with Crippen LogP contribution in [0.25, 0.3) is 0 Å². The summed E-state index contributed by atoms with van der Waals surface area (Å²) in [5.74, 6) is -0.153. The quantitative estimate of drug-likeness (QED) is 0.867. The van der Waals surface area contributed by atoms with Gasteiger partial charge in [0, 0.05) is 18.6 Å². The molecule has 5 heteroatoms. The molecule has 124 valence electrons. The summed E-state index contributed by atoms with van der Waals surface area (Å²) in [5.41, 5.74) is 0. The van der Waals surface area contributed by atoms with E-state index in [4.69, 9.17) is 0 Å². The van der Waals surface area contributed by atoms with E-state index in [1.54, 1.807) is 0 Å². The van der Waals surface area contributed by atoms with E-state index in [1.807, 2.05) is 9.80 Å². The molecule has 0 aromatic carbocycles. The first-order chi connectivity index (χ1) is 10.6. The maximum Gasteiger partial charge on any atom is 0.320 e. The molecule has 2 saturated heterocycles. The SMILES string of the molecule is C[C@@H]1CCCCN1C(=O)CN1[C@H](C(=O)O)C[C@H]2CCCC[C@@H]21. The van der Waals surface area contributed by atoms with Crippen LogP contribution >= 0.6 is 0 Å². The molecule has 3 fully saturated rings. The van der Waals surface area contributed by atoms with Crippen LogP contribution < -0.4 is 0 Å². The Balaban J connectivity index is 1.70. The number of aliphatic carboxylic acids is 1. The number of carbonyl (C=O) groups is 2. The highest BCUT2D eigenvalue weighted by molar-refractivity contribution is 5.80. The van der Waals surface area contributed by atoms with E-state index in [1.165, 1.54) is 12.8 Å². The number of hydrogen-bond donors (Lipinski definition) is 1. The Morgan fingerprint density at radius 3 is 2.55 bits per heavy atom. The maximum absolute atomic E-state index is 12.7. The Kier molecular flexibility index (Phi) is 4.71. The Bertz CT molecular complexity index is 440. The molecular weight excluding hydrogens is 280 g/mol. The van der Waals surface area contributed by atoms with E-state index in [0.29, 0.717) is 24.5 Å². The van der Waals surface area contributed by atoms with Gasteiger partial charge in [-0.2, -0.15) is 0 Å². The molecule has 0 aromatic heterocycles. The molecule has 22 heavy (non-hydrogen) atoms. The number of likely N-dealkylation sites (tertiary alicyclic amines) is 2. The highest BCUT2D eigenvalue weighted by Crippen LogP contribution is 2.39. The molecule has 0 unspecified atom stereocenters. The number of carboxylic acids is 1. The van der Waals surface area contributed by atoms with Crippen LogP contribution in [0.3, 0.4) is 0 Å². The van der Waals surface area contributed by atoms with Crippen molar-refractivity contribution in [3.05, 3.63) is 0 Å². The highest BCUT2D eigenvalue weighted by atomic mass is 16.4. The van der Waals surface area contributed by atoms with Crippen LogP contribution in [0.4, 0.5) is 0 Å². The van der Waals surface area contributed by atoms with Gasteiger partial charge in [-0.05, 0) is 51.4 Å². The van der Waals surface area contributed by atoms with Crippen LogP contribution in [0.15, 0.2) is 0 Å². The number of amides is 1. The van der Waals surface area contributed by atoms with Gasteiger partial charge in [-0.3, -0.25) is 14.5 Å². The average molecular weight is 308 g/mol. The third-order valence-electron chi connectivity index (χ3n) is 5.95. The van der Waals surface area contributed by atoms with Gasteiger partial charge >= 0.3 is 5.97 Å². The van der Waals surface area contributed by atoms with Gasteiger partial charge in [0.2, 0.25) is 5.91 Å². The summed E-state index contributed by atoms with van der Waals surface area (Å²) in [5, 5.41) is 9.54. The fraction of sp³-hybridized carbons (Fsp3) is 0.882. The summed E-state index contributed by atoms with van der Waals surface area (Å²) in [4.78, 5) is 28.3. The molecule has 0 bridgehead atoms. The van der Waals surface area contributed by atoms with Crippen molar-refractivity contribution in [2.24, 2.45) is 5.92 Å². The largest absolute Gasteiger partial charge is 0.480 e. The minimum atomic E-state index is -0.756. The zero-order valence-electron chi connectivity index (χ0n) is 13.5. The lowest BCUT2D eigenvalue weighted by Crippen LogP contribution is -2.51. The molecule has 1 amide bonds. The molecule has 4 atom stereocenters. The van der Waals surface area contributed by atoms with E-state index in [2.05, 4.69) is 6.92 Å². The molecule has 0 aromatic rings. The van der Waals surface area contributed by atoms with Gasteiger partial charge in [0.05, 0.1) is 6.54 Å². The minimum Gasteiger partial charge on any atom is -0.480 e. The summed E-state index contributed by atoms with van der Waals surface area (Å²) in [6, 6.07) is 0.144. The molecule has 2 aliphatic heterocycles. The molecule has 0 spiro atoms. The van der Waals surface area contributed by atoms with Crippen LogP contribution in [0.2, 0.25) is 0 Å². The first-order valence-corrected chi connectivity index (χ1v) is 8.86. The molecule has 5 nitrogen and oxygen atoms in total. The number of piperidine rings is 1. The lowest BCUT2D eigenvalue weighted by molar-refractivity contribution is -0.145. The number of hydrogen-bond acceptors (Lipinski definition) is 3. The Morgan fingerprint density at radius 1 is 1.09 bits per heavy atom. The Hall–Kier alpha value is -1.10. The number of fused-ring (bicyclic) bond motifs is 1. The normalized spacial score (nSPS) is 36.1. The summed E-state index contributed by atoms with van der Waals surface area (Å²) >= 11 is 0. The zero-order valence-corrected chi connectivity index (χ0v) is 13.5. The van der Waals surface area contributed by atoms with Crippen LogP contribution in [-0.2, 0) is 9.59 Å². The van der Waals surface area contributed by atoms with Crippen molar-refractivity contribution in [2.45, 2.75) is 76.4 Å². The van der Waals surface area contributed by atoms with Gasteiger partial charge in [-0.1, -0.05) is 12.8 Å². The van der Waals surface area contributed by atoms with Crippen molar-refractivity contribution >= 4 is 11.9 Å². The highest BCUT2D eigenvalue weighted by Gasteiger charge is 2.46. The van der Waals surface area contributed by atoms with E-state index in [0.717, 1.165) is 45.1 Å². The van der Waals surface area contributed by atoms with E-state index < -0.39 is 12.0 Å². The Morgan fingerprint density at radius 2 is 1.82 bits per heavy atom. The molecule has 1 aliphatic carbocycles. The van der Waals surface area contributed by atoms with Crippen LogP contribution in [0.1, 0.15) is 58.3 Å². The molecule has 2 heterocycles. The van der Waals surface area contributed by atoms with Gasteiger partial charge < -0.3 is 10.0 Å². The third kappa shape index (κ3) is 3.00.